The summed E-state index contributed by atoms with van der Waals surface area (Å²) in [5, 5.41) is 14.6. The van der Waals surface area contributed by atoms with Crippen LogP contribution in [0.3, 0.4) is 0 Å². The predicted octanol–water partition coefficient (Wildman–Crippen LogP) is 4.71. The molecule has 0 unspecified atom stereocenters. The van der Waals surface area contributed by atoms with Gasteiger partial charge in [0.05, 0.1) is 21.2 Å². The Morgan fingerprint density at radius 1 is 1.12 bits per heavy atom. The number of nitro groups is 1. The van der Waals surface area contributed by atoms with E-state index in [4.69, 9.17) is 9.47 Å². The molecule has 0 radical (unpaired) electrons. The van der Waals surface area contributed by atoms with Gasteiger partial charge in [0.2, 0.25) is 0 Å². The standard InChI is InChI=1S/C22H15BrIN3O6/c23-18-11-15(27(30)31)7-10-20(18)32-13-21(28)26-25-12-14-5-8-16(9-6-14)33-22(29)17-3-1-2-4-19(17)24/h1-12H,13H2,(H,26,28)/b25-12+. The monoisotopic (exact) mass is 623 g/mol. The van der Waals surface area contributed by atoms with Crippen LogP contribution in [0.5, 0.6) is 11.5 Å². The molecule has 0 aliphatic carbocycles. The van der Waals surface area contributed by atoms with Gasteiger partial charge in [-0.05, 0) is 86.5 Å². The summed E-state index contributed by atoms with van der Waals surface area (Å²) in [5.41, 5.74) is 3.37. The summed E-state index contributed by atoms with van der Waals surface area (Å²) < 4.78 is 11.8. The molecule has 1 N–H and O–H groups in total. The summed E-state index contributed by atoms with van der Waals surface area (Å²) in [7, 11) is 0. The highest BCUT2D eigenvalue weighted by Gasteiger charge is 2.12. The third kappa shape index (κ3) is 7.08. The molecule has 0 bridgehead atoms. The number of carbonyl (C=O) groups excluding carboxylic acids is 2. The lowest BCUT2D eigenvalue weighted by Gasteiger charge is -2.07. The Bertz CT molecular complexity index is 1220. The summed E-state index contributed by atoms with van der Waals surface area (Å²) in [5.74, 6) is -0.300. The number of carbonyl (C=O) groups is 2. The van der Waals surface area contributed by atoms with Crippen molar-refractivity contribution in [2.75, 3.05) is 6.61 Å². The van der Waals surface area contributed by atoms with Crippen LogP contribution in [0.15, 0.2) is 76.3 Å². The first-order valence-electron chi connectivity index (χ1n) is 9.29. The molecular weight excluding hydrogens is 609 g/mol. The average Bonchev–Trinajstić information content (AvgIpc) is 2.79. The molecule has 0 spiro atoms. The average molecular weight is 624 g/mol. The molecule has 0 saturated heterocycles. The van der Waals surface area contributed by atoms with Gasteiger partial charge in [-0.25, -0.2) is 10.2 Å². The Labute approximate surface area is 210 Å². The Hall–Kier alpha value is -3.32. The first kappa shape index (κ1) is 24.3. The minimum atomic E-state index is -0.531. The van der Waals surface area contributed by atoms with Gasteiger partial charge in [-0.15, -0.1) is 0 Å². The third-order valence-corrected chi connectivity index (χ3v) is 5.63. The highest BCUT2D eigenvalue weighted by molar-refractivity contribution is 14.1. The summed E-state index contributed by atoms with van der Waals surface area (Å²) in [4.78, 5) is 34.4. The van der Waals surface area contributed by atoms with Gasteiger partial charge in [0.15, 0.2) is 6.61 Å². The van der Waals surface area contributed by atoms with E-state index < -0.39 is 16.8 Å². The lowest BCUT2D eigenvalue weighted by Crippen LogP contribution is -2.24. The summed E-state index contributed by atoms with van der Waals surface area (Å²) in [6.07, 6.45) is 1.42. The van der Waals surface area contributed by atoms with E-state index >= 15 is 0 Å². The molecule has 3 aromatic rings. The quantitative estimate of drug-likeness (QED) is 0.0969. The number of rotatable bonds is 8. The Balaban J connectivity index is 1.48. The molecular formula is C22H15BrIN3O6. The predicted molar refractivity (Wildman–Crippen MR) is 133 cm³/mol. The fourth-order valence-corrected chi connectivity index (χ4v) is 3.57. The van der Waals surface area contributed by atoms with Crippen LogP contribution < -0.4 is 14.9 Å². The van der Waals surface area contributed by atoms with Crippen LogP contribution in [0.2, 0.25) is 0 Å². The maximum absolute atomic E-state index is 12.3. The van der Waals surface area contributed by atoms with E-state index in [2.05, 4.69) is 49.0 Å². The van der Waals surface area contributed by atoms with Crippen LogP contribution in [0.4, 0.5) is 5.69 Å². The maximum atomic E-state index is 12.3. The molecule has 0 aliphatic rings. The SMILES string of the molecule is O=C(COc1ccc([N+](=O)[O-])cc1Br)N/N=C/c1ccc(OC(=O)c2ccccc2I)cc1. The van der Waals surface area contributed by atoms with Gasteiger partial charge in [0.25, 0.3) is 11.6 Å². The van der Waals surface area contributed by atoms with Gasteiger partial charge in [0, 0.05) is 15.7 Å². The van der Waals surface area contributed by atoms with E-state index in [1.165, 1.54) is 24.4 Å². The van der Waals surface area contributed by atoms with Crippen molar-refractivity contribution < 1.29 is 24.0 Å². The number of hydrazone groups is 1. The van der Waals surface area contributed by atoms with E-state index in [0.29, 0.717) is 21.3 Å². The highest BCUT2D eigenvalue weighted by atomic mass is 127. The van der Waals surface area contributed by atoms with Crippen molar-refractivity contribution in [1.29, 1.82) is 0 Å². The second-order valence-corrected chi connectivity index (χ2v) is 8.41. The summed E-state index contributed by atoms with van der Waals surface area (Å²) >= 11 is 5.23. The van der Waals surface area contributed by atoms with Crippen LogP contribution in [0.25, 0.3) is 0 Å². The minimum absolute atomic E-state index is 0.0983. The zero-order valence-corrected chi connectivity index (χ0v) is 20.5. The number of nitrogens with zero attached hydrogens (tertiary/aromatic N) is 2. The Morgan fingerprint density at radius 3 is 2.52 bits per heavy atom. The molecule has 3 aromatic carbocycles. The normalized spacial score (nSPS) is 10.6. The number of esters is 1. The number of halogens is 2. The van der Waals surface area contributed by atoms with E-state index in [1.807, 2.05) is 12.1 Å². The van der Waals surface area contributed by atoms with E-state index in [0.717, 1.165) is 3.57 Å². The molecule has 9 nitrogen and oxygen atoms in total. The zero-order valence-electron chi connectivity index (χ0n) is 16.7. The van der Waals surface area contributed by atoms with Crippen LogP contribution >= 0.6 is 38.5 Å². The molecule has 0 atom stereocenters. The molecule has 0 aliphatic heterocycles. The topological polar surface area (TPSA) is 120 Å². The number of ether oxygens (including phenoxy) is 2. The Morgan fingerprint density at radius 2 is 1.85 bits per heavy atom. The van der Waals surface area contributed by atoms with Crippen molar-refractivity contribution in [2.45, 2.75) is 0 Å². The molecule has 3 rings (SSSR count). The van der Waals surface area contributed by atoms with E-state index in [9.17, 15) is 19.7 Å². The van der Waals surface area contributed by atoms with Crippen molar-refractivity contribution in [3.8, 4) is 11.5 Å². The second kappa shape index (κ2) is 11.5. The van der Waals surface area contributed by atoms with Gasteiger partial charge < -0.3 is 9.47 Å². The maximum Gasteiger partial charge on any atom is 0.344 e. The van der Waals surface area contributed by atoms with Crippen molar-refractivity contribution in [2.24, 2.45) is 5.10 Å². The van der Waals surface area contributed by atoms with Gasteiger partial charge >= 0.3 is 5.97 Å². The molecule has 33 heavy (non-hydrogen) atoms. The molecule has 0 heterocycles. The number of benzene rings is 3. The molecule has 168 valence electrons. The molecule has 1 amide bonds. The number of hydrogen-bond donors (Lipinski definition) is 1. The highest BCUT2D eigenvalue weighted by Crippen LogP contribution is 2.29. The van der Waals surface area contributed by atoms with Crippen LogP contribution in [-0.2, 0) is 4.79 Å². The van der Waals surface area contributed by atoms with Crippen molar-refractivity contribution in [1.82, 2.24) is 5.43 Å². The summed E-state index contributed by atoms with van der Waals surface area (Å²) in [6.45, 7) is -0.332. The molecule has 0 fully saturated rings. The van der Waals surface area contributed by atoms with E-state index in [1.54, 1.807) is 36.4 Å². The number of nitrogens with one attached hydrogen (secondary N) is 1. The molecule has 0 aromatic heterocycles. The number of amides is 1. The van der Waals surface area contributed by atoms with Crippen LogP contribution in [0, 0.1) is 13.7 Å². The van der Waals surface area contributed by atoms with Gasteiger partial charge in [-0.2, -0.15) is 5.10 Å². The Kier molecular flexibility index (Phi) is 8.49. The van der Waals surface area contributed by atoms with Gasteiger partial charge in [-0.1, -0.05) is 12.1 Å². The first-order valence-corrected chi connectivity index (χ1v) is 11.2. The summed E-state index contributed by atoms with van der Waals surface area (Å²) in [6, 6.07) is 17.7. The smallest absolute Gasteiger partial charge is 0.344 e. The van der Waals surface area contributed by atoms with Crippen LogP contribution in [-0.4, -0.2) is 29.6 Å². The second-order valence-electron chi connectivity index (χ2n) is 6.39. The van der Waals surface area contributed by atoms with Crippen molar-refractivity contribution in [3.63, 3.8) is 0 Å². The third-order valence-electron chi connectivity index (χ3n) is 4.07. The van der Waals surface area contributed by atoms with Gasteiger partial charge in [-0.3, -0.25) is 14.9 Å². The van der Waals surface area contributed by atoms with Crippen LogP contribution in [0.1, 0.15) is 15.9 Å². The number of non-ortho nitro benzene ring substituents is 1. The fraction of sp³-hybridized carbons (Fsp3) is 0.0455. The molecule has 11 heteroatoms. The van der Waals surface area contributed by atoms with E-state index in [-0.39, 0.29) is 18.0 Å². The number of nitro benzene ring substituents is 1. The fourth-order valence-electron chi connectivity index (χ4n) is 2.49. The number of hydrogen-bond acceptors (Lipinski definition) is 7. The first-order chi connectivity index (χ1) is 15.8. The minimum Gasteiger partial charge on any atom is -0.483 e. The largest absolute Gasteiger partial charge is 0.483 e. The zero-order chi connectivity index (χ0) is 23.8. The van der Waals surface area contributed by atoms with Crippen molar-refractivity contribution in [3.05, 3.63) is 96.0 Å². The lowest BCUT2D eigenvalue weighted by atomic mass is 10.2. The van der Waals surface area contributed by atoms with Gasteiger partial charge in [0.1, 0.15) is 11.5 Å². The molecule has 0 saturated carbocycles. The van der Waals surface area contributed by atoms with Crippen molar-refractivity contribution >= 4 is 62.3 Å². The lowest BCUT2D eigenvalue weighted by molar-refractivity contribution is -0.384.